The molecule has 1 rings (SSSR count). The molecular formula is C7H9N3O. The Morgan fingerprint density at radius 3 is 2.82 bits per heavy atom. The van der Waals surface area contributed by atoms with Crippen LogP contribution in [0.25, 0.3) is 0 Å². The van der Waals surface area contributed by atoms with Crippen molar-refractivity contribution in [3.05, 3.63) is 23.8 Å². The number of hydrogen-bond acceptors (Lipinski definition) is 3. The van der Waals surface area contributed by atoms with E-state index in [9.17, 15) is 4.79 Å². The normalized spacial score (nSPS) is 9.27. The highest BCUT2D eigenvalue weighted by molar-refractivity contribution is 6.01. The zero-order chi connectivity index (χ0) is 8.27. The van der Waals surface area contributed by atoms with Crippen LogP contribution in [0, 0.1) is 0 Å². The molecule has 0 radical (unpaired) electrons. The molecule has 1 aromatic heterocycles. The number of allylic oxidation sites excluding steroid dienone is 2. The minimum absolute atomic E-state index is 0.137. The second kappa shape index (κ2) is 3.09. The molecule has 0 aromatic carbocycles. The summed E-state index contributed by atoms with van der Waals surface area (Å²) in [6.07, 6.45) is 2.83. The van der Waals surface area contributed by atoms with Crippen molar-refractivity contribution in [1.82, 2.24) is 15.2 Å². The fraction of sp³-hybridized carbons (Fsp3) is 0.286. The number of aromatic amines is 1. The molecule has 1 heterocycles. The molecule has 0 aliphatic rings. The predicted octanol–water partition coefficient (Wildman–Crippen LogP) is 0.954. The Morgan fingerprint density at radius 2 is 2.36 bits per heavy atom. The van der Waals surface area contributed by atoms with Crippen molar-refractivity contribution in [2.24, 2.45) is 0 Å². The Hall–Kier alpha value is -1.45. The van der Waals surface area contributed by atoms with E-state index in [0.717, 1.165) is 5.57 Å². The SMILES string of the molecule is CC(C)=CC(=O)c1ncn[nH]1. The maximum Gasteiger partial charge on any atom is 0.222 e. The summed E-state index contributed by atoms with van der Waals surface area (Å²) in [5.41, 5.74) is 0.950. The van der Waals surface area contributed by atoms with Crippen molar-refractivity contribution in [2.45, 2.75) is 13.8 Å². The summed E-state index contributed by atoms with van der Waals surface area (Å²) in [5.74, 6) is 0.147. The summed E-state index contributed by atoms with van der Waals surface area (Å²) in [4.78, 5) is 14.8. The number of nitrogens with one attached hydrogen (secondary N) is 1. The van der Waals surface area contributed by atoms with Crippen LogP contribution in [0.2, 0.25) is 0 Å². The zero-order valence-corrected chi connectivity index (χ0v) is 6.46. The molecule has 0 atom stereocenters. The highest BCUT2D eigenvalue weighted by Gasteiger charge is 2.03. The molecule has 0 aliphatic carbocycles. The smallest absolute Gasteiger partial charge is 0.222 e. The van der Waals surface area contributed by atoms with Crippen LogP contribution in [0.1, 0.15) is 24.5 Å². The van der Waals surface area contributed by atoms with E-state index in [1.807, 2.05) is 13.8 Å². The molecule has 1 N–H and O–H groups in total. The maximum absolute atomic E-state index is 11.1. The highest BCUT2D eigenvalue weighted by atomic mass is 16.1. The minimum atomic E-state index is -0.137. The lowest BCUT2D eigenvalue weighted by Gasteiger charge is -1.87. The number of nitrogens with zero attached hydrogens (tertiary/aromatic N) is 2. The van der Waals surface area contributed by atoms with E-state index < -0.39 is 0 Å². The van der Waals surface area contributed by atoms with Crippen molar-refractivity contribution in [1.29, 1.82) is 0 Å². The summed E-state index contributed by atoms with van der Waals surface area (Å²) >= 11 is 0. The Balaban J connectivity index is 2.80. The van der Waals surface area contributed by atoms with E-state index in [1.165, 1.54) is 12.4 Å². The van der Waals surface area contributed by atoms with Gasteiger partial charge in [-0.15, -0.1) is 0 Å². The van der Waals surface area contributed by atoms with E-state index in [0.29, 0.717) is 0 Å². The first-order valence-corrected chi connectivity index (χ1v) is 3.25. The molecule has 0 saturated carbocycles. The van der Waals surface area contributed by atoms with Gasteiger partial charge in [-0.3, -0.25) is 9.89 Å². The van der Waals surface area contributed by atoms with Gasteiger partial charge in [0.05, 0.1) is 0 Å². The Morgan fingerprint density at radius 1 is 1.64 bits per heavy atom. The molecule has 0 spiro atoms. The maximum atomic E-state index is 11.1. The third-order valence-corrected chi connectivity index (χ3v) is 1.07. The summed E-state index contributed by atoms with van der Waals surface area (Å²) in [6.45, 7) is 3.71. The van der Waals surface area contributed by atoms with E-state index in [2.05, 4.69) is 15.2 Å². The van der Waals surface area contributed by atoms with Crippen LogP contribution in [0.5, 0.6) is 0 Å². The van der Waals surface area contributed by atoms with E-state index in [1.54, 1.807) is 0 Å². The lowest BCUT2D eigenvalue weighted by atomic mass is 10.2. The summed E-state index contributed by atoms with van der Waals surface area (Å²) < 4.78 is 0. The molecule has 0 unspecified atom stereocenters. The van der Waals surface area contributed by atoms with Gasteiger partial charge in [0, 0.05) is 0 Å². The molecule has 0 saturated heterocycles. The lowest BCUT2D eigenvalue weighted by molar-refractivity contribution is 0.103. The fourth-order valence-corrected chi connectivity index (χ4v) is 0.655. The number of ketones is 1. The second-order valence-corrected chi connectivity index (χ2v) is 2.42. The minimum Gasteiger partial charge on any atom is -0.286 e. The van der Waals surface area contributed by atoms with Crippen molar-refractivity contribution in [3.63, 3.8) is 0 Å². The molecule has 0 amide bonds. The van der Waals surface area contributed by atoms with Gasteiger partial charge in [-0.2, -0.15) is 5.10 Å². The third-order valence-electron chi connectivity index (χ3n) is 1.07. The Bertz CT molecular complexity index is 270. The number of aromatic nitrogens is 3. The topological polar surface area (TPSA) is 58.6 Å². The molecular weight excluding hydrogens is 142 g/mol. The summed E-state index contributed by atoms with van der Waals surface area (Å²) in [7, 11) is 0. The van der Waals surface area contributed by atoms with E-state index in [4.69, 9.17) is 0 Å². The van der Waals surface area contributed by atoms with Gasteiger partial charge < -0.3 is 0 Å². The quantitative estimate of drug-likeness (QED) is 0.505. The first-order valence-electron chi connectivity index (χ1n) is 3.25. The second-order valence-electron chi connectivity index (χ2n) is 2.42. The van der Waals surface area contributed by atoms with Crippen LogP contribution in [-0.4, -0.2) is 21.0 Å². The van der Waals surface area contributed by atoms with Crippen molar-refractivity contribution >= 4 is 5.78 Å². The van der Waals surface area contributed by atoms with Crippen LogP contribution in [0.3, 0.4) is 0 Å². The Kier molecular flexibility index (Phi) is 2.15. The molecule has 0 fully saturated rings. The number of carbonyl (C=O) groups is 1. The lowest BCUT2D eigenvalue weighted by Crippen LogP contribution is -1.97. The van der Waals surface area contributed by atoms with Gasteiger partial charge in [-0.1, -0.05) is 5.57 Å². The molecule has 11 heavy (non-hydrogen) atoms. The number of rotatable bonds is 2. The highest BCUT2D eigenvalue weighted by Crippen LogP contribution is 1.95. The van der Waals surface area contributed by atoms with Gasteiger partial charge in [-0.05, 0) is 19.9 Å². The molecule has 0 aliphatic heterocycles. The van der Waals surface area contributed by atoms with Gasteiger partial charge in [0.15, 0.2) is 5.82 Å². The first kappa shape index (κ1) is 7.65. The number of carbonyl (C=O) groups excluding carboxylic acids is 1. The zero-order valence-electron chi connectivity index (χ0n) is 6.46. The molecule has 58 valence electrons. The molecule has 1 aromatic rings. The average molecular weight is 151 g/mol. The van der Waals surface area contributed by atoms with Gasteiger partial charge in [-0.25, -0.2) is 4.98 Å². The molecule has 4 heteroatoms. The van der Waals surface area contributed by atoms with Crippen molar-refractivity contribution in [3.8, 4) is 0 Å². The van der Waals surface area contributed by atoms with E-state index >= 15 is 0 Å². The molecule has 4 nitrogen and oxygen atoms in total. The summed E-state index contributed by atoms with van der Waals surface area (Å²) in [6, 6.07) is 0. The predicted molar refractivity (Wildman–Crippen MR) is 40.1 cm³/mol. The largest absolute Gasteiger partial charge is 0.286 e. The summed E-state index contributed by atoms with van der Waals surface area (Å²) in [5, 5.41) is 6.05. The fourth-order valence-electron chi connectivity index (χ4n) is 0.655. The average Bonchev–Trinajstić information content (AvgIpc) is 2.35. The monoisotopic (exact) mass is 151 g/mol. The van der Waals surface area contributed by atoms with Crippen molar-refractivity contribution in [2.75, 3.05) is 0 Å². The van der Waals surface area contributed by atoms with Crippen LogP contribution in [-0.2, 0) is 0 Å². The molecule has 0 bridgehead atoms. The van der Waals surface area contributed by atoms with Gasteiger partial charge in [0.2, 0.25) is 5.78 Å². The van der Waals surface area contributed by atoms with Gasteiger partial charge in [0.25, 0.3) is 0 Å². The van der Waals surface area contributed by atoms with Gasteiger partial charge in [0.1, 0.15) is 6.33 Å². The van der Waals surface area contributed by atoms with Crippen molar-refractivity contribution < 1.29 is 4.79 Å². The first-order chi connectivity index (χ1) is 5.20. The van der Waals surface area contributed by atoms with Crippen LogP contribution in [0.15, 0.2) is 18.0 Å². The number of H-pyrrole nitrogens is 1. The Labute approximate surface area is 64.3 Å². The van der Waals surface area contributed by atoms with Gasteiger partial charge >= 0.3 is 0 Å². The number of hydrogen-bond donors (Lipinski definition) is 1. The van der Waals surface area contributed by atoms with E-state index in [-0.39, 0.29) is 11.6 Å². The third kappa shape index (κ3) is 2.00. The standard InChI is InChI=1S/C7H9N3O/c1-5(2)3-6(11)7-8-4-9-10-7/h3-4H,1-2H3,(H,8,9,10). The van der Waals surface area contributed by atoms with Crippen LogP contribution < -0.4 is 0 Å². The van der Waals surface area contributed by atoms with Crippen LogP contribution in [0.4, 0.5) is 0 Å². The van der Waals surface area contributed by atoms with Crippen LogP contribution >= 0.6 is 0 Å².